The van der Waals surface area contributed by atoms with E-state index in [1.54, 1.807) is 0 Å². The number of anilines is 1. The Morgan fingerprint density at radius 2 is 1.90 bits per heavy atom. The standard InChI is InChI=1S/C13H18Cl2N2O3/c1-13(2,3)6-8(18)7-16-11-4-9(14)10(15)5-12(11)17(19)20/h4-5,8,16,18H,6-7H2,1-3H3. The average molecular weight is 321 g/mol. The van der Waals surface area contributed by atoms with Crippen LogP contribution < -0.4 is 5.32 Å². The van der Waals surface area contributed by atoms with Gasteiger partial charge in [0.2, 0.25) is 0 Å². The first kappa shape index (κ1) is 17.0. The van der Waals surface area contributed by atoms with E-state index in [9.17, 15) is 15.2 Å². The highest BCUT2D eigenvalue weighted by molar-refractivity contribution is 6.42. The molecule has 2 N–H and O–H groups in total. The van der Waals surface area contributed by atoms with Gasteiger partial charge in [-0.05, 0) is 17.9 Å². The Kier molecular flexibility index (Phi) is 5.62. The predicted octanol–water partition coefficient (Wildman–Crippen LogP) is 4.11. The van der Waals surface area contributed by atoms with Gasteiger partial charge in [-0.3, -0.25) is 10.1 Å². The number of nitro benzene ring substituents is 1. The van der Waals surface area contributed by atoms with Gasteiger partial charge in [-0.2, -0.15) is 0 Å². The number of hydrogen-bond acceptors (Lipinski definition) is 4. The van der Waals surface area contributed by atoms with Crippen molar-refractivity contribution in [1.29, 1.82) is 0 Å². The molecule has 0 saturated heterocycles. The van der Waals surface area contributed by atoms with Gasteiger partial charge in [-0.1, -0.05) is 44.0 Å². The molecule has 1 unspecified atom stereocenters. The van der Waals surface area contributed by atoms with Gasteiger partial charge in [0, 0.05) is 12.6 Å². The first-order chi connectivity index (χ1) is 9.10. The fourth-order valence-corrected chi connectivity index (χ4v) is 2.16. The first-order valence-electron chi connectivity index (χ1n) is 6.15. The quantitative estimate of drug-likeness (QED) is 0.632. The van der Waals surface area contributed by atoms with Crippen molar-refractivity contribution < 1.29 is 10.0 Å². The minimum absolute atomic E-state index is 0.0231. The Balaban J connectivity index is 2.82. The number of benzene rings is 1. The fourth-order valence-electron chi connectivity index (χ4n) is 1.84. The van der Waals surface area contributed by atoms with Gasteiger partial charge in [0.25, 0.3) is 5.69 Å². The zero-order valence-corrected chi connectivity index (χ0v) is 13.1. The fraction of sp³-hybridized carbons (Fsp3) is 0.538. The molecule has 1 aromatic carbocycles. The van der Waals surface area contributed by atoms with E-state index in [1.807, 2.05) is 20.8 Å². The van der Waals surface area contributed by atoms with E-state index in [2.05, 4.69) is 5.32 Å². The van der Waals surface area contributed by atoms with Crippen molar-refractivity contribution in [3.05, 3.63) is 32.3 Å². The number of nitrogens with one attached hydrogen (secondary N) is 1. The molecule has 0 amide bonds. The van der Waals surface area contributed by atoms with Crippen molar-refractivity contribution in [2.24, 2.45) is 5.41 Å². The summed E-state index contributed by atoms with van der Waals surface area (Å²) in [7, 11) is 0. The lowest BCUT2D eigenvalue weighted by atomic mass is 9.89. The lowest BCUT2D eigenvalue weighted by Gasteiger charge is -2.22. The van der Waals surface area contributed by atoms with Gasteiger partial charge in [0.1, 0.15) is 5.69 Å². The van der Waals surface area contributed by atoms with Gasteiger partial charge in [-0.15, -0.1) is 0 Å². The Hall–Kier alpha value is -1.04. The molecule has 0 aliphatic carbocycles. The number of aliphatic hydroxyl groups is 1. The Morgan fingerprint density at radius 1 is 1.35 bits per heavy atom. The molecule has 0 saturated carbocycles. The maximum atomic E-state index is 11.0. The molecule has 0 spiro atoms. The molecule has 0 aromatic heterocycles. The second-order valence-electron chi connectivity index (χ2n) is 5.84. The lowest BCUT2D eigenvalue weighted by Crippen LogP contribution is -2.25. The van der Waals surface area contributed by atoms with Crippen LogP contribution in [0.4, 0.5) is 11.4 Å². The van der Waals surface area contributed by atoms with Crippen LogP contribution in [0.25, 0.3) is 0 Å². The first-order valence-corrected chi connectivity index (χ1v) is 6.91. The molecule has 7 heteroatoms. The van der Waals surface area contributed by atoms with Gasteiger partial charge in [0.15, 0.2) is 0 Å². The van der Waals surface area contributed by atoms with Crippen LogP contribution in [-0.4, -0.2) is 22.7 Å². The van der Waals surface area contributed by atoms with Crippen LogP contribution >= 0.6 is 23.2 Å². The van der Waals surface area contributed by atoms with Crippen molar-refractivity contribution in [3.63, 3.8) is 0 Å². The molecular weight excluding hydrogens is 303 g/mol. The van der Waals surface area contributed by atoms with Gasteiger partial charge < -0.3 is 10.4 Å². The van der Waals surface area contributed by atoms with Crippen molar-refractivity contribution in [1.82, 2.24) is 0 Å². The topological polar surface area (TPSA) is 75.4 Å². The molecule has 1 aromatic rings. The molecule has 1 rings (SSSR count). The normalized spacial score (nSPS) is 13.1. The van der Waals surface area contributed by atoms with E-state index in [0.717, 1.165) is 0 Å². The molecular formula is C13H18Cl2N2O3. The maximum absolute atomic E-state index is 11.0. The number of halogens is 2. The van der Waals surface area contributed by atoms with E-state index in [1.165, 1.54) is 12.1 Å². The highest BCUT2D eigenvalue weighted by atomic mass is 35.5. The number of hydrogen-bond donors (Lipinski definition) is 2. The Bertz CT molecular complexity index is 501. The van der Waals surface area contributed by atoms with Gasteiger partial charge in [0.05, 0.1) is 21.1 Å². The van der Waals surface area contributed by atoms with Crippen molar-refractivity contribution in [2.75, 3.05) is 11.9 Å². The summed E-state index contributed by atoms with van der Waals surface area (Å²) < 4.78 is 0. The third-order valence-corrected chi connectivity index (χ3v) is 3.33. The van der Waals surface area contributed by atoms with E-state index >= 15 is 0 Å². The molecule has 0 heterocycles. The number of nitrogens with zero attached hydrogens (tertiary/aromatic N) is 1. The molecule has 1 atom stereocenters. The smallest absolute Gasteiger partial charge is 0.293 e. The highest BCUT2D eigenvalue weighted by Gasteiger charge is 2.20. The summed E-state index contributed by atoms with van der Waals surface area (Å²) >= 11 is 11.6. The summed E-state index contributed by atoms with van der Waals surface area (Å²) in [4.78, 5) is 10.4. The third-order valence-electron chi connectivity index (χ3n) is 2.61. The zero-order valence-electron chi connectivity index (χ0n) is 11.6. The molecule has 0 fully saturated rings. The number of nitro groups is 1. The molecule has 5 nitrogen and oxygen atoms in total. The third kappa shape index (κ3) is 5.15. The van der Waals surface area contributed by atoms with Crippen molar-refractivity contribution in [2.45, 2.75) is 33.3 Å². The summed E-state index contributed by atoms with van der Waals surface area (Å²) in [5, 5.41) is 24.1. The summed E-state index contributed by atoms with van der Waals surface area (Å²) in [6.07, 6.45) is -0.0289. The predicted molar refractivity (Wildman–Crippen MR) is 81.7 cm³/mol. The molecule has 0 radical (unpaired) electrons. The molecule has 112 valence electrons. The van der Waals surface area contributed by atoms with Crippen LogP contribution in [0.2, 0.25) is 10.0 Å². The van der Waals surface area contributed by atoms with Crippen LogP contribution in [0.3, 0.4) is 0 Å². The lowest BCUT2D eigenvalue weighted by molar-refractivity contribution is -0.383. The second-order valence-corrected chi connectivity index (χ2v) is 6.65. The average Bonchev–Trinajstić information content (AvgIpc) is 2.27. The summed E-state index contributed by atoms with van der Waals surface area (Å²) in [5.74, 6) is 0. The largest absolute Gasteiger partial charge is 0.391 e. The number of aliphatic hydroxyl groups excluding tert-OH is 1. The van der Waals surface area contributed by atoms with E-state index in [4.69, 9.17) is 23.2 Å². The Morgan fingerprint density at radius 3 is 2.40 bits per heavy atom. The van der Waals surface area contributed by atoms with Crippen molar-refractivity contribution >= 4 is 34.6 Å². The van der Waals surface area contributed by atoms with E-state index in [-0.39, 0.29) is 33.4 Å². The molecule has 0 aliphatic heterocycles. The minimum Gasteiger partial charge on any atom is -0.391 e. The van der Waals surface area contributed by atoms with Crippen LogP contribution in [-0.2, 0) is 0 Å². The zero-order chi connectivity index (χ0) is 15.5. The van der Waals surface area contributed by atoms with Crippen LogP contribution in [0, 0.1) is 15.5 Å². The van der Waals surface area contributed by atoms with Crippen LogP contribution in [0.15, 0.2) is 12.1 Å². The maximum Gasteiger partial charge on any atom is 0.293 e. The second kappa shape index (κ2) is 6.61. The van der Waals surface area contributed by atoms with Crippen LogP contribution in [0.1, 0.15) is 27.2 Å². The summed E-state index contributed by atoms with van der Waals surface area (Å²) in [5.41, 5.74) is 0.0599. The van der Waals surface area contributed by atoms with E-state index in [0.29, 0.717) is 6.42 Å². The van der Waals surface area contributed by atoms with Gasteiger partial charge in [-0.25, -0.2) is 0 Å². The van der Waals surface area contributed by atoms with Crippen molar-refractivity contribution in [3.8, 4) is 0 Å². The molecule has 0 bridgehead atoms. The van der Waals surface area contributed by atoms with E-state index < -0.39 is 11.0 Å². The number of rotatable bonds is 5. The van der Waals surface area contributed by atoms with Gasteiger partial charge >= 0.3 is 0 Å². The Labute approximate surface area is 128 Å². The summed E-state index contributed by atoms with van der Waals surface area (Å²) in [6.45, 7) is 6.24. The molecule has 20 heavy (non-hydrogen) atoms. The monoisotopic (exact) mass is 320 g/mol. The van der Waals surface area contributed by atoms with Crippen LogP contribution in [0.5, 0.6) is 0 Å². The highest BCUT2D eigenvalue weighted by Crippen LogP contribution is 2.34. The minimum atomic E-state index is -0.607. The SMILES string of the molecule is CC(C)(C)CC(O)CNc1cc(Cl)c(Cl)cc1[N+](=O)[O-]. The summed E-state index contributed by atoms with van der Waals surface area (Å²) in [6, 6.07) is 2.59. The molecule has 0 aliphatic rings.